The average molecular weight is 273 g/mol. The lowest BCUT2D eigenvalue weighted by atomic mass is 9.98. The maximum atomic E-state index is 5.92. The zero-order chi connectivity index (χ0) is 13.5. The molecule has 0 aliphatic carbocycles. The third-order valence-electron chi connectivity index (χ3n) is 3.40. The number of thiophene rings is 1. The fourth-order valence-corrected chi connectivity index (χ4v) is 3.49. The van der Waals surface area contributed by atoms with Gasteiger partial charge in [-0.3, -0.25) is 0 Å². The summed E-state index contributed by atoms with van der Waals surface area (Å²) < 4.78 is 5.92. The maximum Gasteiger partial charge on any atom is 0.123 e. The van der Waals surface area contributed by atoms with E-state index < -0.39 is 0 Å². The molecule has 1 N–H and O–H groups in total. The molecule has 1 aromatic heterocycles. The van der Waals surface area contributed by atoms with Gasteiger partial charge in [-0.05, 0) is 61.2 Å². The standard InChI is InChI=1S/C16H19NOS/c1-16(2)8-12-6-11(4-5-15(12)18-16)13-7-14(9-17-3)19-10-13/h4-7,10,17H,8-9H2,1-3H3. The number of benzene rings is 1. The molecule has 0 unspecified atom stereocenters. The highest BCUT2D eigenvalue weighted by Gasteiger charge is 2.29. The molecule has 100 valence electrons. The van der Waals surface area contributed by atoms with E-state index >= 15 is 0 Å². The molecule has 2 aromatic rings. The molecule has 3 heteroatoms. The number of hydrogen-bond donors (Lipinski definition) is 1. The number of hydrogen-bond acceptors (Lipinski definition) is 3. The number of rotatable bonds is 3. The van der Waals surface area contributed by atoms with Crippen molar-refractivity contribution in [3.63, 3.8) is 0 Å². The van der Waals surface area contributed by atoms with Crippen molar-refractivity contribution in [1.82, 2.24) is 5.32 Å². The summed E-state index contributed by atoms with van der Waals surface area (Å²) in [6.45, 7) is 5.22. The van der Waals surface area contributed by atoms with Crippen LogP contribution >= 0.6 is 11.3 Å². The molecule has 3 rings (SSSR count). The first-order valence-electron chi connectivity index (χ1n) is 6.62. The van der Waals surface area contributed by atoms with Gasteiger partial charge in [0.1, 0.15) is 11.4 Å². The second-order valence-corrected chi connectivity index (χ2v) is 6.69. The van der Waals surface area contributed by atoms with Crippen LogP contribution in [0.3, 0.4) is 0 Å². The van der Waals surface area contributed by atoms with E-state index in [1.165, 1.54) is 21.6 Å². The summed E-state index contributed by atoms with van der Waals surface area (Å²) in [5.74, 6) is 1.04. The van der Waals surface area contributed by atoms with Crippen LogP contribution in [0.4, 0.5) is 0 Å². The lowest BCUT2D eigenvalue weighted by molar-refractivity contribution is 0.138. The van der Waals surface area contributed by atoms with Crippen molar-refractivity contribution in [2.45, 2.75) is 32.4 Å². The molecule has 0 amide bonds. The minimum Gasteiger partial charge on any atom is -0.487 e. The van der Waals surface area contributed by atoms with Gasteiger partial charge in [0.25, 0.3) is 0 Å². The Morgan fingerprint density at radius 3 is 2.89 bits per heavy atom. The monoisotopic (exact) mass is 273 g/mol. The van der Waals surface area contributed by atoms with Gasteiger partial charge in [-0.15, -0.1) is 11.3 Å². The Kier molecular flexibility index (Phi) is 3.11. The molecule has 0 radical (unpaired) electrons. The lowest BCUT2D eigenvalue weighted by Crippen LogP contribution is -2.24. The van der Waals surface area contributed by atoms with Crippen molar-refractivity contribution < 1.29 is 4.74 Å². The van der Waals surface area contributed by atoms with Crippen molar-refractivity contribution >= 4 is 11.3 Å². The van der Waals surface area contributed by atoms with Crippen molar-refractivity contribution in [2.24, 2.45) is 0 Å². The second kappa shape index (κ2) is 4.66. The predicted octanol–water partition coefficient (Wildman–Crippen LogP) is 3.85. The van der Waals surface area contributed by atoms with Crippen LogP contribution in [-0.2, 0) is 13.0 Å². The Morgan fingerprint density at radius 1 is 1.26 bits per heavy atom. The van der Waals surface area contributed by atoms with Gasteiger partial charge in [-0.2, -0.15) is 0 Å². The van der Waals surface area contributed by atoms with Gasteiger partial charge in [0, 0.05) is 17.8 Å². The molecule has 0 saturated heterocycles. The molecule has 19 heavy (non-hydrogen) atoms. The van der Waals surface area contributed by atoms with Gasteiger partial charge in [-0.1, -0.05) is 6.07 Å². The summed E-state index contributed by atoms with van der Waals surface area (Å²) in [7, 11) is 1.98. The highest BCUT2D eigenvalue weighted by atomic mass is 32.1. The van der Waals surface area contributed by atoms with E-state index in [-0.39, 0.29) is 5.60 Å². The van der Waals surface area contributed by atoms with E-state index in [1.54, 1.807) is 0 Å². The topological polar surface area (TPSA) is 21.3 Å². The van der Waals surface area contributed by atoms with Crippen LogP contribution in [0.1, 0.15) is 24.3 Å². The molecule has 0 bridgehead atoms. The summed E-state index contributed by atoms with van der Waals surface area (Å²) in [4.78, 5) is 1.37. The Bertz CT molecular complexity index is 601. The maximum absolute atomic E-state index is 5.92. The fourth-order valence-electron chi connectivity index (χ4n) is 2.59. The van der Waals surface area contributed by atoms with E-state index in [4.69, 9.17) is 4.74 Å². The van der Waals surface area contributed by atoms with Gasteiger partial charge in [0.15, 0.2) is 0 Å². The quantitative estimate of drug-likeness (QED) is 0.917. The Hall–Kier alpha value is -1.32. The smallest absolute Gasteiger partial charge is 0.123 e. The van der Waals surface area contributed by atoms with E-state index in [9.17, 15) is 0 Å². The number of fused-ring (bicyclic) bond motifs is 1. The van der Waals surface area contributed by atoms with E-state index in [0.29, 0.717) is 0 Å². The Labute approximate surface area is 118 Å². The van der Waals surface area contributed by atoms with Gasteiger partial charge in [0.05, 0.1) is 0 Å². The molecule has 1 aliphatic rings. The average Bonchev–Trinajstić information content (AvgIpc) is 2.90. The van der Waals surface area contributed by atoms with Crippen LogP contribution in [-0.4, -0.2) is 12.6 Å². The van der Waals surface area contributed by atoms with E-state index in [2.05, 4.69) is 48.8 Å². The first kappa shape index (κ1) is 12.7. The molecule has 0 atom stereocenters. The number of ether oxygens (including phenoxy) is 1. The van der Waals surface area contributed by atoms with Crippen LogP contribution in [0.15, 0.2) is 29.6 Å². The van der Waals surface area contributed by atoms with Crippen LogP contribution in [0, 0.1) is 0 Å². The summed E-state index contributed by atoms with van der Waals surface area (Å²) in [5, 5.41) is 5.42. The van der Waals surface area contributed by atoms with Crippen LogP contribution < -0.4 is 10.1 Å². The summed E-state index contributed by atoms with van der Waals surface area (Å²) in [5.41, 5.74) is 3.86. The first-order chi connectivity index (χ1) is 9.07. The molecule has 0 saturated carbocycles. The van der Waals surface area contributed by atoms with Gasteiger partial charge < -0.3 is 10.1 Å². The van der Waals surface area contributed by atoms with Crippen LogP contribution in [0.25, 0.3) is 11.1 Å². The largest absolute Gasteiger partial charge is 0.487 e. The molecule has 0 spiro atoms. The lowest BCUT2D eigenvalue weighted by Gasteiger charge is -2.16. The number of nitrogens with one attached hydrogen (secondary N) is 1. The highest BCUT2D eigenvalue weighted by Crippen LogP contribution is 2.38. The van der Waals surface area contributed by atoms with Gasteiger partial charge in [0.2, 0.25) is 0 Å². The van der Waals surface area contributed by atoms with Crippen LogP contribution in [0.5, 0.6) is 5.75 Å². The first-order valence-corrected chi connectivity index (χ1v) is 7.50. The van der Waals surface area contributed by atoms with Crippen molar-refractivity contribution in [3.8, 4) is 16.9 Å². The molecule has 1 aliphatic heterocycles. The van der Waals surface area contributed by atoms with Gasteiger partial charge in [-0.25, -0.2) is 0 Å². The van der Waals surface area contributed by atoms with E-state index in [1.807, 2.05) is 18.4 Å². The zero-order valence-corrected chi connectivity index (χ0v) is 12.4. The summed E-state index contributed by atoms with van der Waals surface area (Å²) >= 11 is 1.81. The third kappa shape index (κ3) is 2.53. The second-order valence-electron chi connectivity index (χ2n) is 5.69. The SMILES string of the molecule is CNCc1cc(-c2ccc3c(c2)CC(C)(C)O3)cs1. The molecular weight excluding hydrogens is 254 g/mol. The van der Waals surface area contributed by atoms with Crippen LogP contribution in [0.2, 0.25) is 0 Å². The van der Waals surface area contributed by atoms with Crippen molar-refractivity contribution in [2.75, 3.05) is 7.05 Å². The summed E-state index contributed by atoms with van der Waals surface area (Å²) in [6.07, 6.45) is 0.990. The molecule has 2 heterocycles. The third-order valence-corrected chi connectivity index (χ3v) is 4.34. The zero-order valence-electron chi connectivity index (χ0n) is 11.6. The minimum atomic E-state index is -0.0626. The predicted molar refractivity (Wildman–Crippen MR) is 80.9 cm³/mol. The Morgan fingerprint density at radius 2 is 2.11 bits per heavy atom. The molecule has 0 fully saturated rings. The minimum absolute atomic E-state index is 0.0626. The van der Waals surface area contributed by atoms with Crippen molar-refractivity contribution in [3.05, 3.63) is 40.1 Å². The van der Waals surface area contributed by atoms with Gasteiger partial charge >= 0.3 is 0 Å². The normalized spacial score (nSPS) is 16.2. The van der Waals surface area contributed by atoms with E-state index in [0.717, 1.165) is 18.7 Å². The highest BCUT2D eigenvalue weighted by molar-refractivity contribution is 7.10. The molecular formula is C16H19NOS. The molecule has 2 nitrogen and oxygen atoms in total. The summed E-state index contributed by atoms with van der Waals surface area (Å²) in [6, 6.07) is 8.80. The Balaban J connectivity index is 1.90. The van der Waals surface area contributed by atoms with Crippen molar-refractivity contribution in [1.29, 1.82) is 0 Å². The fraction of sp³-hybridized carbons (Fsp3) is 0.375. The molecule has 1 aromatic carbocycles.